The Kier molecular flexibility index (Phi) is 7.39. The van der Waals surface area contributed by atoms with E-state index in [4.69, 9.17) is 0 Å². The zero-order chi connectivity index (χ0) is 36.3. The number of hydrogen-bond donors (Lipinski definition) is 0. The Hall–Kier alpha value is -6.94. The smallest absolute Gasteiger partial charge is 0.0555 e. The van der Waals surface area contributed by atoms with Crippen LogP contribution in [0.15, 0.2) is 206 Å². The number of fused-ring (bicyclic) bond motifs is 7. The van der Waals surface area contributed by atoms with Crippen LogP contribution in [0.25, 0.3) is 80.7 Å². The lowest BCUT2D eigenvalue weighted by Crippen LogP contribution is -2.11. The Morgan fingerprint density at radius 1 is 0.382 bits per heavy atom. The van der Waals surface area contributed by atoms with Gasteiger partial charge in [-0.05, 0) is 88.1 Å². The Morgan fingerprint density at radius 2 is 0.964 bits per heavy atom. The fraction of sp³-hybridized carbons (Fsp3) is 0. The zero-order valence-corrected chi connectivity index (χ0v) is 30.7. The van der Waals surface area contributed by atoms with Crippen LogP contribution in [-0.2, 0) is 0 Å². The second kappa shape index (κ2) is 12.9. The average molecular weight is 719 g/mol. The summed E-state index contributed by atoms with van der Waals surface area (Å²) in [5, 5.41) is 7.55. The third-order valence-corrected chi connectivity index (χ3v) is 12.1. The van der Waals surface area contributed by atoms with Crippen molar-refractivity contribution in [3.63, 3.8) is 0 Å². The number of rotatable bonds is 6. The number of para-hydroxylation sites is 3. The van der Waals surface area contributed by atoms with E-state index < -0.39 is 0 Å². The lowest BCUT2D eigenvalue weighted by molar-refractivity contribution is 1.19. The van der Waals surface area contributed by atoms with Crippen molar-refractivity contribution in [1.29, 1.82) is 0 Å². The van der Waals surface area contributed by atoms with Crippen molar-refractivity contribution >= 4 is 81.1 Å². The molecule has 0 aliphatic heterocycles. The minimum atomic E-state index is 1.11. The molecule has 11 rings (SSSR count). The summed E-state index contributed by atoms with van der Waals surface area (Å²) >= 11 is 1.86. The number of hydrogen-bond acceptors (Lipinski definition) is 2. The van der Waals surface area contributed by atoms with Gasteiger partial charge in [0.15, 0.2) is 0 Å². The molecule has 11 aromatic rings. The molecular weight excluding hydrogens is 685 g/mol. The number of nitrogens with zero attached hydrogens (tertiary/aromatic N) is 2. The summed E-state index contributed by atoms with van der Waals surface area (Å²) in [6, 6.07) is 75.2. The van der Waals surface area contributed by atoms with E-state index in [1.54, 1.807) is 0 Å². The summed E-state index contributed by atoms with van der Waals surface area (Å²) in [5.74, 6) is 0. The molecule has 0 unspecified atom stereocenters. The Labute approximate surface area is 323 Å². The standard InChI is InChI=1S/C52H34N2S/c1-2-15-35(16-3-1)41-19-6-10-23-46(41)53(49-26-14-28-51-52(49)44-22-9-13-27-50(44)55-51)38-31-29-36(30-32-38)45-34-39(33-37-17-4-5-18-40(37)45)54-47-24-11-7-20-42(47)43-21-8-12-25-48(43)54/h1-34H. The molecule has 2 nitrogen and oxygen atoms in total. The maximum Gasteiger partial charge on any atom is 0.0555 e. The number of anilines is 3. The molecular formula is C52H34N2S. The van der Waals surface area contributed by atoms with E-state index in [9.17, 15) is 0 Å². The Bertz CT molecular complexity index is 3150. The molecule has 55 heavy (non-hydrogen) atoms. The van der Waals surface area contributed by atoms with Crippen LogP contribution in [-0.4, -0.2) is 4.57 Å². The van der Waals surface area contributed by atoms with Crippen LogP contribution in [0.1, 0.15) is 0 Å². The van der Waals surface area contributed by atoms with Gasteiger partial charge in [-0.3, -0.25) is 0 Å². The first-order chi connectivity index (χ1) is 27.3. The second-order valence-corrected chi connectivity index (χ2v) is 15.2. The summed E-state index contributed by atoms with van der Waals surface area (Å²) in [6.45, 7) is 0. The maximum absolute atomic E-state index is 2.46. The fourth-order valence-corrected chi connectivity index (χ4v) is 9.66. The van der Waals surface area contributed by atoms with Gasteiger partial charge >= 0.3 is 0 Å². The van der Waals surface area contributed by atoms with Crippen molar-refractivity contribution < 1.29 is 0 Å². The fourth-order valence-electron chi connectivity index (χ4n) is 8.53. The van der Waals surface area contributed by atoms with Crippen molar-refractivity contribution in [2.45, 2.75) is 0 Å². The first-order valence-corrected chi connectivity index (χ1v) is 19.6. The van der Waals surface area contributed by atoms with E-state index >= 15 is 0 Å². The average Bonchev–Trinajstić information content (AvgIpc) is 3.81. The van der Waals surface area contributed by atoms with Crippen LogP contribution in [0.3, 0.4) is 0 Å². The van der Waals surface area contributed by atoms with Crippen molar-refractivity contribution in [3.8, 4) is 27.9 Å². The minimum absolute atomic E-state index is 1.11. The van der Waals surface area contributed by atoms with Gasteiger partial charge < -0.3 is 9.47 Å². The van der Waals surface area contributed by atoms with Crippen molar-refractivity contribution in [3.05, 3.63) is 206 Å². The van der Waals surface area contributed by atoms with E-state index in [-0.39, 0.29) is 0 Å². The van der Waals surface area contributed by atoms with Crippen LogP contribution in [0.2, 0.25) is 0 Å². The van der Waals surface area contributed by atoms with E-state index in [1.807, 2.05) is 11.3 Å². The minimum Gasteiger partial charge on any atom is -0.309 e. The normalized spacial score (nSPS) is 11.6. The number of benzene rings is 9. The van der Waals surface area contributed by atoms with Crippen LogP contribution < -0.4 is 4.90 Å². The molecule has 0 bridgehead atoms. The molecule has 3 heteroatoms. The molecule has 0 amide bonds. The zero-order valence-electron chi connectivity index (χ0n) is 29.9. The molecule has 0 saturated carbocycles. The van der Waals surface area contributed by atoms with E-state index in [2.05, 4.69) is 216 Å². The molecule has 0 saturated heterocycles. The van der Waals surface area contributed by atoms with Crippen LogP contribution in [0.4, 0.5) is 17.1 Å². The first kappa shape index (κ1) is 31.6. The molecule has 9 aromatic carbocycles. The summed E-state index contributed by atoms with van der Waals surface area (Å²) in [7, 11) is 0. The predicted molar refractivity (Wildman–Crippen MR) is 237 cm³/mol. The molecule has 258 valence electrons. The molecule has 0 aliphatic rings. The van der Waals surface area contributed by atoms with Gasteiger partial charge in [0, 0.05) is 47.9 Å². The van der Waals surface area contributed by atoms with Crippen molar-refractivity contribution in [2.75, 3.05) is 4.90 Å². The molecule has 0 fully saturated rings. The van der Waals surface area contributed by atoms with E-state index in [0.29, 0.717) is 0 Å². The van der Waals surface area contributed by atoms with Gasteiger partial charge in [0.1, 0.15) is 0 Å². The summed E-state index contributed by atoms with van der Waals surface area (Å²) in [6.07, 6.45) is 0. The summed E-state index contributed by atoms with van der Waals surface area (Å²) in [5.41, 5.74) is 11.8. The monoisotopic (exact) mass is 718 g/mol. The summed E-state index contributed by atoms with van der Waals surface area (Å²) in [4.78, 5) is 2.46. The largest absolute Gasteiger partial charge is 0.309 e. The van der Waals surface area contributed by atoms with Gasteiger partial charge in [-0.2, -0.15) is 0 Å². The van der Waals surface area contributed by atoms with E-state index in [0.717, 1.165) is 17.1 Å². The highest BCUT2D eigenvalue weighted by atomic mass is 32.1. The van der Waals surface area contributed by atoms with Crippen LogP contribution in [0.5, 0.6) is 0 Å². The Morgan fingerprint density at radius 3 is 1.75 bits per heavy atom. The molecule has 0 spiro atoms. The molecule has 2 aromatic heterocycles. The summed E-state index contributed by atoms with van der Waals surface area (Å²) < 4.78 is 5.00. The molecule has 0 aliphatic carbocycles. The predicted octanol–water partition coefficient (Wildman–Crippen LogP) is 15.1. The first-order valence-electron chi connectivity index (χ1n) is 18.8. The van der Waals surface area contributed by atoms with Gasteiger partial charge in [0.2, 0.25) is 0 Å². The second-order valence-electron chi connectivity index (χ2n) is 14.1. The number of aromatic nitrogens is 1. The van der Waals surface area contributed by atoms with Crippen LogP contribution in [0, 0.1) is 0 Å². The SMILES string of the molecule is c1ccc(-c2ccccc2N(c2ccc(-c3cc(-n4c5ccccc5c5ccccc54)cc4ccccc34)cc2)c2cccc3sc4ccccc4c23)cc1. The quantitative estimate of drug-likeness (QED) is 0.166. The molecule has 0 atom stereocenters. The highest BCUT2D eigenvalue weighted by Gasteiger charge is 2.22. The van der Waals surface area contributed by atoms with Gasteiger partial charge in [-0.1, -0.05) is 146 Å². The topological polar surface area (TPSA) is 8.17 Å². The lowest BCUT2D eigenvalue weighted by Gasteiger charge is -2.29. The van der Waals surface area contributed by atoms with Crippen molar-refractivity contribution in [2.24, 2.45) is 0 Å². The lowest BCUT2D eigenvalue weighted by atomic mass is 9.96. The highest BCUT2D eigenvalue weighted by molar-refractivity contribution is 7.26. The van der Waals surface area contributed by atoms with Gasteiger partial charge in [-0.25, -0.2) is 0 Å². The highest BCUT2D eigenvalue weighted by Crippen LogP contribution is 2.47. The van der Waals surface area contributed by atoms with Gasteiger partial charge in [0.25, 0.3) is 0 Å². The Balaban J connectivity index is 1.12. The molecule has 0 radical (unpaired) electrons. The third-order valence-electron chi connectivity index (χ3n) is 11.0. The number of thiophene rings is 1. The van der Waals surface area contributed by atoms with Gasteiger partial charge in [-0.15, -0.1) is 11.3 Å². The molecule has 2 heterocycles. The van der Waals surface area contributed by atoms with E-state index in [1.165, 1.54) is 80.7 Å². The van der Waals surface area contributed by atoms with Crippen molar-refractivity contribution in [1.82, 2.24) is 4.57 Å². The van der Waals surface area contributed by atoms with Gasteiger partial charge in [0.05, 0.1) is 22.4 Å². The maximum atomic E-state index is 2.46. The third kappa shape index (κ3) is 5.16. The molecule has 0 N–H and O–H groups in total. The van der Waals surface area contributed by atoms with Crippen LogP contribution >= 0.6 is 11.3 Å².